The van der Waals surface area contributed by atoms with Gasteiger partial charge in [0.25, 0.3) is 0 Å². The molecule has 1 unspecified atom stereocenters. The summed E-state index contributed by atoms with van der Waals surface area (Å²) in [6, 6.07) is 7.90. The molecular formula is C12H15BrO2. The number of hydrogen-bond acceptors (Lipinski definition) is 2. The van der Waals surface area contributed by atoms with Crippen LogP contribution in [-0.2, 0) is 14.9 Å². The first-order valence-electron chi connectivity index (χ1n) is 5.01. The molecule has 0 aromatic heterocycles. The lowest BCUT2D eigenvalue weighted by atomic mass is 9.97. The van der Waals surface area contributed by atoms with E-state index < -0.39 is 0 Å². The Balaban J connectivity index is 2.89. The molecule has 0 bridgehead atoms. The molecule has 0 heterocycles. The first kappa shape index (κ1) is 12.2. The number of alkyl halides is 1. The van der Waals surface area contributed by atoms with E-state index >= 15 is 0 Å². The summed E-state index contributed by atoms with van der Waals surface area (Å²) < 4.78 is 5.00. The molecule has 0 saturated carbocycles. The predicted octanol–water partition coefficient (Wildman–Crippen LogP) is 3.25. The number of benzene rings is 1. The fourth-order valence-corrected chi connectivity index (χ4v) is 1.98. The van der Waals surface area contributed by atoms with E-state index in [-0.39, 0.29) is 11.9 Å². The van der Waals surface area contributed by atoms with Crippen LogP contribution in [0.4, 0.5) is 0 Å². The standard InChI is InChI=1S/C12H15BrO2/c1-3-15-12(14)9(2)11-7-5-4-6-10(11)8-13/h4-7,9H,3,8H2,1-2H3. The molecule has 15 heavy (non-hydrogen) atoms. The monoisotopic (exact) mass is 270 g/mol. The van der Waals surface area contributed by atoms with Gasteiger partial charge in [0, 0.05) is 5.33 Å². The highest BCUT2D eigenvalue weighted by Crippen LogP contribution is 2.22. The number of esters is 1. The molecule has 0 aliphatic carbocycles. The third kappa shape index (κ3) is 3.06. The molecule has 2 nitrogen and oxygen atoms in total. The minimum absolute atomic E-state index is 0.161. The van der Waals surface area contributed by atoms with Crippen LogP contribution in [0.5, 0.6) is 0 Å². The van der Waals surface area contributed by atoms with Crippen molar-refractivity contribution in [1.29, 1.82) is 0 Å². The van der Waals surface area contributed by atoms with E-state index in [1.54, 1.807) is 0 Å². The second-order valence-electron chi connectivity index (χ2n) is 3.31. The number of carbonyl (C=O) groups is 1. The largest absolute Gasteiger partial charge is 0.466 e. The summed E-state index contributed by atoms with van der Waals surface area (Å²) >= 11 is 3.41. The van der Waals surface area contributed by atoms with Gasteiger partial charge in [-0.2, -0.15) is 0 Å². The number of carbonyl (C=O) groups excluding carboxylic acids is 1. The van der Waals surface area contributed by atoms with Gasteiger partial charge < -0.3 is 4.74 Å². The van der Waals surface area contributed by atoms with Crippen molar-refractivity contribution >= 4 is 21.9 Å². The maximum atomic E-state index is 11.6. The van der Waals surface area contributed by atoms with E-state index in [4.69, 9.17) is 4.74 Å². The molecule has 0 aliphatic heterocycles. The van der Waals surface area contributed by atoms with Crippen LogP contribution in [0.2, 0.25) is 0 Å². The minimum atomic E-state index is -0.196. The van der Waals surface area contributed by atoms with Crippen LogP contribution in [0.25, 0.3) is 0 Å². The maximum absolute atomic E-state index is 11.6. The number of rotatable bonds is 4. The van der Waals surface area contributed by atoms with Gasteiger partial charge in [-0.05, 0) is 25.0 Å². The molecule has 1 aromatic carbocycles. The van der Waals surface area contributed by atoms with E-state index in [0.29, 0.717) is 6.61 Å². The van der Waals surface area contributed by atoms with Crippen molar-refractivity contribution in [2.24, 2.45) is 0 Å². The number of hydrogen-bond donors (Lipinski definition) is 0. The maximum Gasteiger partial charge on any atom is 0.313 e. The van der Waals surface area contributed by atoms with Crippen molar-refractivity contribution in [2.45, 2.75) is 25.1 Å². The number of ether oxygens (including phenoxy) is 1. The summed E-state index contributed by atoms with van der Waals surface area (Å²) in [5.41, 5.74) is 2.17. The lowest BCUT2D eigenvalue weighted by Crippen LogP contribution is -2.14. The van der Waals surface area contributed by atoms with Crippen molar-refractivity contribution in [3.8, 4) is 0 Å². The summed E-state index contributed by atoms with van der Waals surface area (Å²) in [6.45, 7) is 4.13. The fourth-order valence-electron chi connectivity index (χ4n) is 1.47. The van der Waals surface area contributed by atoms with Crippen molar-refractivity contribution in [2.75, 3.05) is 6.61 Å². The van der Waals surface area contributed by atoms with E-state index in [1.165, 1.54) is 0 Å². The minimum Gasteiger partial charge on any atom is -0.466 e. The topological polar surface area (TPSA) is 26.3 Å². The first-order chi connectivity index (χ1) is 7.20. The molecule has 0 amide bonds. The van der Waals surface area contributed by atoms with Gasteiger partial charge in [-0.25, -0.2) is 0 Å². The quantitative estimate of drug-likeness (QED) is 0.620. The van der Waals surface area contributed by atoms with Crippen LogP contribution < -0.4 is 0 Å². The Labute approximate surface area is 98.8 Å². The summed E-state index contributed by atoms with van der Waals surface area (Å²) in [6.07, 6.45) is 0. The van der Waals surface area contributed by atoms with Crippen LogP contribution in [0.1, 0.15) is 30.9 Å². The van der Waals surface area contributed by atoms with Crippen molar-refractivity contribution in [3.05, 3.63) is 35.4 Å². The second-order valence-corrected chi connectivity index (χ2v) is 3.87. The molecule has 1 atom stereocenters. The Morgan fingerprint density at radius 1 is 1.47 bits per heavy atom. The zero-order chi connectivity index (χ0) is 11.3. The first-order valence-corrected chi connectivity index (χ1v) is 6.13. The Bertz CT molecular complexity index is 336. The fraction of sp³-hybridized carbons (Fsp3) is 0.417. The average Bonchev–Trinajstić information content (AvgIpc) is 2.28. The molecule has 82 valence electrons. The lowest BCUT2D eigenvalue weighted by Gasteiger charge is -2.13. The predicted molar refractivity (Wildman–Crippen MR) is 64.1 cm³/mol. The van der Waals surface area contributed by atoms with Crippen molar-refractivity contribution in [1.82, 2.24) is 0 Å². The Kier molecular flexibility index (Phi) is 4.82. The molecule has 0 aliphatic rings. The van der Waals surface area contributed by atoms with Gasteiger partial charge in [0.1, 0.15) is 0 Å². The molecule has 0 N–H and O–H groups in total. The van der Waals surface area contributed by atoms with E-state index in [9.17, 15) is 4.79 Å². The zero-order valence-corrected chi connectivity index (χ0v) is 10.6. The summed E-state index contributed by atoms with van der Waals surface area (Å²) in [4.78, 5) is 11.6. The average molecular weight is 271 g/mol. The molecule has 0 radical (unpaired) electrons. The molecule has 1 rings (SSSR count). The lowest BCUT2D eigenvalue weighted by molar-refractivity contribution is -0.144. The molecule has 3 heteroatoms. The van der Waals surface area contributed by atoms with Crippen LogP contribution in [-0.4, -0.2) is 12.6 Å². The Hall–Kier alpha value is -0.830. The summed E-state index contributed by atoms with van der Waals surface area (Å²) in [5.74, 6) is -0.357. The van der Waals surface area contributed by atoms with Crippen LogP contribution in [0, 0.1) is 0 Å². The van der Waals surface area contributed by atoms with E-state index in [2.05, 4.69) is 15.9 Å². The molecule has 0 saturated heterocycles. The highest BCUT2D eigenvalue weighted by atomic mass is 79.9. The highest BCUT2D eigenvalue weighted by Gasteiger charge is 2.18. The van der Waals surface area contributed by atoms with Gasteiger partial charge in [0.15, 0.2) is 0 Å². The smallest absolute Gasteiger partial charge is 0.313 e. The van der Waals surface area contributed by atoms with Gasteiger partial charge >= 0.3 is 5.97 Å². The van der Waals surface area contributed by atoms with Crippen LogP contribution in [0.3, 0.4) is 0 Å². The normalized spacial score (nSPS) is 12.2. The summed E-state index contributed by atoms with van der Waals surface area (Å²) in [7, 11) is 0. The van der Waals surface area contributed by atoms with Gasteiger partial charge in [0.2, 0.25) is 0 Å². The van der Waals surface area contributed by atoms with Gasteiger partial charge in [-0.3, -0.25) is 4.79 Å². The van der Waals surface area contributed by atoms with Crippen LogP contribution >= 0.6 is 15.9 Å². The number of halogens is 1. The van der Waals surface area contributed by atoms with Gasteiger partial charge in [0.05, 0.1) is 12.5 Å². The van der Waals surface area contributed by atoms with Crippen LogP contribution in [0.15, 0.2) is 24.3 Å². The third-order valence-electron chi connectivity index (χ3n) is 2.31. The van der Waals surface area contributed by atoms with Crippen molar-refractivity contribution < 1.29 is 9.53 Å². The molecule has 0 spiro atoms. The molecule has 0 fully saturated rings. The third-order valence-corrected chi connectivity index (χ3v) is 2.91. The Morgan fingerprint density at radius 3 is 2.73 bits per heavy atom. The van der Waals surface area contributed by atoms with Gasteiger partial charge in [-0.1, -0.05) is 40.2 Å². The zero-order valence-electron chi connectivity index (χ0n) is 9.00. The molecule has 1 aromatic rings. The molecular weight excluding hydrogens is 256 g/mol. The highest BCUT2D eigenvalue weighted by molar-refractivity contribution is 9.08. The Morgan fingerprint density at radius 2 is 2.13 bits per heavy atom. The summed E-state index contributed by atoms with van der Waals surface area (Å²) in [5, 5.41) is 0.757. The van der Waals surface area contributed by atoms with E-state index in [1.807, 2.05) is 38.1 Å². The van der Waals surface area contributed by atoms with Crippen molar-refractivity contribution in [3.63, 3.8) is 0 Å². The SMILES string of the molecule is CCOC(=O)C(C)c1ccccc1CBr. The van der Waals surface area contributed by atoms with E-state index in [0.717, 1.165) is 16.5 Å². The van der Waals surface area contributed by atoms with Gasteiger partial charge in [-0.15, -0.1) is 0 Å². The second kappa shape index (κ2) is 5.91.